The van der Waals surface area contributed by atoms with Crippen molar-refractivity contribution in [1.82, 2.24) is 14.3 Å². The van der Waals surface area contributed by atoms with Crippen molar-refractivity contribution in [1.29, 1.82) is 0 Å². The number of anilines is 2. The summed E-state index contributed by atoms with van der Waals surface area (Å²) in [6.07, 6.45) is 1.92. The number of amides is 1. The van der Waals surface area contributed by atoms with Crippen LogP contribution in [0.1, 0.15) is 6.92 Å². The molecule has 5 heterocycles. The van der Waals surface area contributed by atoms with Crippen LogP contribution in [0.2, 0.25) is 0 Å². The zero-order valence-electron chi connectivity index (χ0n) is 23.8. The lowest BCUT2D eigenvalue weighted by Gasteiger charge is -2.31. The van der Waals surface area contributed by atoms with E-state index in [-0.39, 0.29) is 17.6 Å². The molecule has 0 spiro atoms. The minimum atomic E-state index is -0.101. The molecule has 2 fully saturated rings. The summed E-state index contributed by atoms with van der Waals surface area (Å²) in [6, 6.07) is 18.1. The Bertz CT molecular complexity index is 1860. The molecule has 0 aliphatic carbocycles. The van der Waals surface area contributed by atoms with Gasteiger partial charge in [-0.15, -0.1) is 11.3 Å². The minimum Gasteiger partial charge on any atom is -0.378 e. The molecule has 2 saturated heterocycles. The van der Waals surface area contributed by atoms with Gasteiger partial charge < -0.3 is 19.3 Å². The molecule has 0 radical (unpaired) electrons. The fraction of sp³-hybridized carbons (Fsp3) is 0.344. The first-order valence-electron chi connectivity index (χ1n) is 14.4. The Morgan fingerprint density at radius 1 is 1.02 bits per heavy atom. The number of carbonyl (C=O) groups is 1. The molecule has 7 rings (SSSR count). The van der Waals surface area contributed by atoms with Gasteiger partial charge in [-0.25, -0.2) is 4.98 Å². The van der Waals surface area contributed by atoms with Gasteiger partial charge in [0.15, 0.2) is 0 Å². The Hall–Kier alpha value is -3.83. The van der Waals surface area contributed by atoms with Crippen LogP contribution in [0.15, 0.2) is 65.6 Å². The molecule has 1 amide bonds. The summed E-state index contributed by atoms with van der Waals surface area (Å²) in [7, 11) is 1.85. The normalized spacial score (nSPS) is 18.2. The summed E-state index contributed by atoms with van der Waals surface area (Å²) in [6.45, 7) is 7.27. The van der Waals surface area contributed by atoms with Gasteiger partial charge in [-0.1, -0.05) is 18.2 Å². The van der Waals surface area contributed by atoms with E-state index >= 15 is 0 Å². The Morgan fingerprint density at radius 3 is 2.69 bits per heavy atom. The fourth-order valence-electron chi connectivity index (χ4n) is 5.96. The molecule has 2 aromatic carbocycles. The largest absolute Gasteiger partial charge is 0.378 e. The van der Waals surface area contributed by atoms with Crippen molar-refractivity contribution in [2.75, 3.05) is 69.4 Å². The predicted octanol–water partition coefficient (Wildman–Crippen LogP) is 4.25. The topological polar surface area (TPSA) is 79.6 Å². The predicted molar refractivity (Wildman–Crippen MR) is 168 cm³/mol. The molecule has 3 aromatic heterocycles. The first kappa shape index (κ1) is 27.0. The van der Waals surface area contributed by atoms with Crippen molar-refractivity contribution in [2.24, 2.45) is 0 Å². The highest BCUT2D eigenvalue weighted by Crippen LogP contribution is 2.41. The molecule has 0 unspecified atom stereocenters. The Labute approximate surface area is 247 Å². The molecular weight excluding hydrogens is 550 g/mol. The van der Waals surface area contributed by atoms with Gasteiger partial charge in [-0.3, -0.25) is 18.9 Å². The summed E-state index contributed by atoms with van der Waals surface area (Å²) in [4.78, 5) is 37.4. The number of likely N-dealkylation sites (N-methyl/N-ethyl adjacent to an activating group) is 1. The number of rotatable bonds is 5. The quantitative estimate of drug-likeness (QED) is 0.306. The maximum atomic E-state index is 13.2. The van der Waals surface area contributed by atoms with Crippen LogP contribution in [-0.2, 0) is 14.3 Å². The van der Waals surface area contributed by atoms with Crippen LogP contribution in [-0.4, -0.2) is 85.9 Å². The third-order valence-electron chi connectivity index (χ3n) is 8.23. The van der Waals surface area contributed by atoms with Gasteiger partial charge in [0, 0.05) is 82.5 Å². The number of aromatic nitrogens is 2. The number of fused-ring (bicyclic) bond motifs is 4. The number of nitrogens with zero attached hydrogens (tertiary/aromatic N) is 5. The first-order chi connectivity index (χ1) is 20.5. The lowest BCUT2D eigenvalue weighted by Crippen LogP contribution is -2.46. The summed E-state index contributed by atoms with van der Waals surface area (Å²) >= 11 is 1.72. The van der Waals surface area contributed by atoms with Crippen molar-refractivity contribution in [3.05, 3.63) is 71.1 Å². The van der Waals surface area contributed by atoms with E-state index in [4.69, 9.17) is 14.5 Å². The monoisotopic (exact) mass is 583 g/mol. The lowest BCUT2D eigenvalue weighted by atomic mass is 10.0. The standard InChI is InChI=1S/C32H33N5O4S/c1-21-19-35(11-16-41-21)20-30(39)34(2)22-8-9-27-26(17-22)24-6-3-5-23(31(24)42-27)25-7-4-10-37-29(38)18-28(33-32(25)37)36-12-14-40-15-13-36/h3-10,17-18,21H,11-16,19-20H2,1-2H3/t21-/m1/s1. The number of hydrogen-bond acceptors (Lipinski definition) is 8. The maximum absolute atomic E-state index is 13.2. The minimum absolute atomic E-state index is 0.0621. The Kier molecular flexibility index (Phi) is 7.15. The van der Waals surface area contributed by atoms with E-state index in [0.29, 0.717) is 50.9 Å². The van der Waals surface area contributed by atoms with Gasteiger partial charge in [0.05, 0.1) is 32.5 Å². The SMILES string of the molecule is C[C@@H]1CN(CC(=O)N(C)c2ccc3sc4c(-c5cccn6c(=O)cc(N7CCOCC7)nc56)cccc4c3c2)CCO1. The molecule has 9 nitrogen and oxygen atoms in total. The van der Waals surface area contributed by atoms with Crippen LogP contribution in [0.5, 0.6) is 0 Å². The van der Waals surface area contributed by atoms with E-state index in [9.17, 15) is 9.59 Å². The summed E-state index contributed by atoms with van der Waals surface area (Å²) < 4.78 is 15.0. The third-order valence-corrected chi connectivity index (χ3v) is 9.45. The number of carbonyl (C=O) groups excluding carboxylic acids is 1. The van der Waals surface area contributed by atoms with Crippen LogP contribution in [0.25, 0.3) is 36.9 Å². The van der Waals surface area contributed by atoms with Crippen LogP contribution < -0.4 is 15.4 Å². The number of ether oxygens (including phenoxy) is 2. The van der Waals surface area contributed by atoms with Crippen LogP contribution in [0, 0.1) is 0 Å². The molecule has 5 aromatic rings. The summed E-state index contributed by atoms with van der Waals surface area (Å²) in [5.74, 6) is 0.746. The zero-order valence-corrected chi connectivity index (χ0v) is 24.6. The van der Waals surface area contributed by atoms with E-state index < -0.39 is 0 Å². The van der Waals surface area contributed by atoms with E-state index in [2.05, 4.69) is 40.1 Å². The molecular formula is C32H33N5O4S. The van der Waals surface area contributed by atoms with Gasteiger partial charge in [0.1, 0.15) is 11.5 Å². The number of morpholine rings is 2. The molecule has 1 atom stereocenters. The lowest BCUT2D eigenvalue weighted by molar-refractivity contribution is -0.121. The van der Waals surface area contributed by atoms with Gasteiger partial charge in [-0.05, 0) is 37.3 Å². The number of pyridine rings is 1. The summed E-state index contributed by atoms with van der Waals surface area (Å²) in [5, 5.41) is 2.22. The zero-order chi connectivity index (χ0) is 28.8. The second-order valence-electron chi connectivity index (χ2n) is 11.0. The van der Waals surface area contributed by atoms with Crippen molar-refractivity contribution < 1.29 is 14.3 Å². The third kappa shape index (κ3) is 4.94. The van der Waals surface area contributed by atoms with Crippen LogP contribution >= 0.6 is 11.3 Å². The van der Waals surface area contributed by atoms with E-state index in [0.717, 1.165) is 50.1 Å². The molecule has 10 heteroatoms. The van der Waals surface area contributed by atoms with Crippen molar-refractivity contribution >= 4 is 54.6 Å². The highest BCUT2D eigenvalue weighted by atomic mass is 32.1. The molecule has 0 bridgehead atoms. The van der Waals surface area contributed by atoms with Crippen LogP contribution in [0.3, 0.4) is 0 Å². The Morgan fingerprint density at radius 2 is 1.86 bits per heavy atom. The smallest absolute Gasteiger partial charge is 0.259 e. The second kappa shape index (κ2) is 11.1. The van der Waals surface area contributed by atoms with Gasteiger partial charge in [0.2, 0.25) is 5.91 Å². The average molecular weight is 584 g/mol. The Balaban J connectivity index is 1.27. The van der Waals surface area contributed by atoms with Gasteiger partial charge >= 0.3 is 0 Å². The molecule has 2 aliphatic heterocycles. The number of benzene rings is 2. The van der Waals surface area contributed by atoms with E-state index in [1.165, 1.54) is 0 Å². The van der Waals surface area contributed by atoms with Gasteiger partial charge in [-0.2, -0.15) is 0 Å². The van der Waals surface area contributed by atoms with Gasteiger partial charge in [0.25, 0.3) is 5.56 Å². The molecule has 42 heavy (non-hydrogen) atoms. The highest BCUT2D eigenvalue weighted by molar-refractivity contribution is 7.26. The van der Waals surface area contributed by atoms with Crippen molar-refractivity contribution in [3.8, 4) is 11.1 Å². The maximum Gasteiger partial charge on any atom is 0.259 e. The number of hydrogen-bond donors (Lipinski definition) is 0. The van der Waals surface area contributed by atoms with E-state index in [1.807, 2.05) is 32.2 Å². The average Bonchev–Trinajstić information content (AvgIpc) is 3.39. The van der Waals surface area contributed by atoms with Crippen molar-refractivity contribution in [2.45, 2.75) is 13.0 Å². The second-order valence-corrected chi connectivity index (χ2v) is 12.1. The fourth-order valence-corrected chi connectivity index (χ4v) is 7.17. The molecule has 0 saturated carbocycles. The van der Waals surface area contributed by atoms with Crippen molar-refractivity contribution in [3.63, 3.8) is 0 Å². The number of thiophene rings is 1. The highest BCUT2D eigenvalue weighted by Gasteiger charge is 2.22. The molecule has 2 aliphatic rings. The van der Waals surface area contributed by atoms with E-state index in [1.54, 1.807) is 32.9 Å². The molecule has 216 valence electrons. The van der Waals surface area contributed by atoms with Crippen LogP contribution in [0.4, 0.5) is 11.5 Å². The molecule has 0 N–H and O–H groups in total. The summed E-state index contributed by atoms with van der Waals surface area (Å²) in [5.41, 5.74) is 3.35. The first-order valence-corrected chi connectivity index (χ1v) is 15.2.